The highest BCUT2D eigenvalue weighted by Crippen LogP contribution is 2.24. The number of nitriles is 1. The number of nitrogens with zero attached hydrogens (tertiary/aromatic N) is 4. The lowest BCUT2D eigenvalue weighted by atomic mass is 10.2. The van der Waals surface area contributed by atoms with E-state index in [2.05, 4.69) is 21.5 Å². The lowest BCUT2D eigenvalue weighted by molar-refractivity contribution is 0.102. The number of hydrogen-bond acceptors (Lipinski definition) is 5. The van der Waals surface area contributed by atoms with E-state index in [-0.39, 0.29) is 5.91 Å². The third-order valence-electron chi connectivity index (χ3n) is 4.40. The summed E-state index contributed by atoms with van der Waals surface area (Å²) in [5, 5.41) is 16.8. The zero-order valence-electron chi connectivity index (χ0n) is 16.2. The van der Waals surface area contributed by atoms with E-state index in [4.69, 9.17) is 21.6 Å². The van der Waals surface area contributed by atoms with Crippen LogP contribution in [0, 0.1) is 11.3 Å². The lowest BCUT2D eigenvalue weighted by Gasteiger charge is -2.07. The Labute approximate surface area is 183 Å². The molecule has 0 atom stereocenters. The summed E-state index contributed by atoms with van der Waals surface area (Å²) in [6, 6.07) is 19.7. The molecule has 0 bridgehead atoms. The van der Waals surface area contributed by atoms with Crippen LogP contribution in [0.3, 0.4) is 0 Å². The van der Waals surface area contributed by atoms with Crippen LogP contribution in [0.2, 0.25) is 5.02 Å². The van der Waals surface area contributed by atoms with Gasteiger partial charge in [-0.1, -0.05) is 41.9 Å². The molecule has 0 fully saturated rings. The minimum absolute atomic E-state index is 0.310. The molecule has 7 nitrogen and oxygen atoms in total. The molecule has 0 aliphatic rings. The average Bonchev–Trinajstić information content (AvgIpc) is 3.26. The fourth-order valence-corrected chi connectivity index (χ4v) is 3.04. The molecule has 8 heteroatoms. The fourth-order valence-electron chi connectivity index (χ4n) is 2.85. The molecule has 2 aromatic heterocycles. The Morgan fingerprint density at radius 1 is 1.10 bits per heavy atom. The Morgan fingerprint density at radius 3 is 2.68 bits per heavy atom. The van der Waals surface area contributed by atoms with Gasteiger partial charge in [-0.25, -0.2) is 4.98 Å². The van der Waals surface area contributed by atoms with Gasteiger partial charge in [0.15, 0.2) is 0 Å². The first-order valence-electron chi connectivity index (χ1n) is 9.32. The number of rotatable bonds is 6. The molecular formula is C23H16ClN5O2. The predicted octanol–water partition coefficient (Wildman–Crippen LogP) is 4.90. The van der Waals surface area contributed by atoms with Crippen molar-refractivity contribution in [1.29, 1.82) is 5.26 Å². The van der Waals surface area contributed by atoms with Crippen molar-refractivity contribution < 1.29 is 9.53 Å². The van der Waals surface area contributed by atoms with Crippen LogP contribution in [0.5, 0.6) is 11.6 Å². The number of anilines is 1. The summed E-state index contributed by atoms with van der Waals surface area (Å²) < 4.78 is 7.29. The molecular weight excluding hydrogens is 414 g/mol. The van der Waals surface area contributed by atoms with E-state index >= 15 is 0 Å². The van der Waals surface area contributed by atoms with Gasteiger partial charge >= 0.3 is 0 Å². The van der Waals surface area contributed by atoms with Crippen LogP contribution in [-0.2, 0) is 6.54 Å². The molecule has 1 amide bonds. The van der Waals surface area contributed by atoms with Gasteiger partial charge in [0, 0.05) is 17.3 Å². The van der Waals surface area contributed by atoms with Crippen molar-refractivity contribution in [3.63, 3.8) is 0 Å². The second kappa shape index (κ2) is 9.11. The molecule has 2 heterocycles. The van der Waals surface area contributed by atoms with Crippen molar-refractivity contribution in [3.8, 4) is 17.7 Å². The second-order valence-corrected chi connectivity index (χ2v) is 6.97. The monoisotopic (exact) mass is 429 g/mol. The summed E-state index contributed by atoms with van der Waals surface area (Å²) in [4.78, 5) is 16.7. The molecule has 0 unspecified atom stereocenters. The molecule has 0 saturated carbocycles. The highest BCUT2D eigenvalue weighted by Gasteiger charge is 2.11. The first kappa shape index (κ1) is 20.1. The standard InChI is InChI=1S/C23H16ClN5O2/c24-20-7-3-1-6-17(20)14-29-15-18(12-27-29)23(30)28-19-9-10-22(26-13-19)31-21-8-4-2-5-16(21)11-25/h1-10,12-13,15H,14H2,(H,28,30). The number of amides is 1. The molecule has 4 aromatic rings. The van der Waals surface area contributed by atoms with Gasteiger partial charge in [0.1, 0.15) is 11.8 Å². The van der Waals surface area contributed by atoms with Gasteiger partial charge in [-0.15, -0.1) is 0 Å². The van der Waals surface area contributed by atoms with E-state index in [9.17, 15) is 4.79 Å². The molecule has 0 aliphatic carbocycles. The number of halogens is 1. The van der Waals surface area contributed by atoms with E-state index in [1.165, 1.54) is 12.4 Å². The van der Waals surface area contributed by atoms with Gasteiger partial charge in [0.05, 0.1) is 35.8 Å². The molecule has 0 radical (unpaired) electrons. The van der Waals surface area contributed by atoms with Gasteiger partial charge < -0.3 is 10.1 Å². The van der Waals surface area contributed by atoms with Crippen LogP contribution in [0.1, 0.15) is 21.5 Å². The summed E-state index contributed by atoms with van der Waals surface area (Å²) in [6.07, 6.45) is 4.63. The smallest absolute Gasteiger partial charge is 0.258 e. The molecule has 31 heavy (non-hydrogen) atoms. The van der Waals surface area contributed by atoms with Crippen molar-refractivity contribution in [2.24, 2.45) is 0 Å². The Kier molecular flexibility index (Phi) is 5.92. The van der Waals surface area contributed by atoms with Crippen LogP contribution >= 0.6 is 11.6 Å². The first-order valence-corrected chi connectivity index (χ1v) is 9.70. The van der Waals surface area contributed by atoms with Crippen LogP contribution in [0.4, 0.5) is 5.69 Å². The molecule has 0 spiro atoms. The summed E-state index contributed by atoms with van der Waals surface area (Å²) in [6.45, 7) is 0.463. The third kappa shape index (κ3) is 4.89. The van der Waals surface area contributed by atoms with Crippen molar-refractivity contribution >= 4 is 23.2 Å². The molecule has 4 rings (SSSR count). The number of carbonyl (C=O) groups is 1. The number of benzene rings is 2. The van der Waals surface area contributed by atoms with Crippen molar-refractivity contribution in [3.05, 3.63) is 101 Å². The van der Waals surface area contributed by atoms with E-state index in [1.54, 1.807) is 47.3 Å². The Morgan fingerprint density at radius 2 is 1.90 bits per heavy atom. The molecule has 0 saturated heterocycles. The Balaban J connectivity index is 1.39. The maximum atomic E-state index is 12.5. The number of ether oxygens (including phenoxy) is 1. The number of hydrogen-bond donors (Lipinski definition) is 1. The number of aromatic nitrogens is 3. The fraction of sp³-hybridized carbons (Fsp3) is 0.0435. The maximum Gasteiger partial charge on any atom is 0.258 e. The zero-order chi connectivity index (χ0) is 21.6. The van der Waals surface area contributed by atoms with E-state index in [0.717, 1.165) is 5.56 Å². The topological polar surface area (TPSA) is 92.8 Å². The highest BCUT2D eigenvalue weighted by molar-refractivity contribution is 6.31. The summed E-state index contributed by atoms with van der Waals surface area (Å²) in [5.74, 6) is 0.421. The van der Waals surface area contributed by atoms with Crippen LogP contribution in [0.25, 0.3) is 0 Å². The number of pyridine rings is 1. The normalized spacial score (nSPS) is 10.3. The molecule has 2 aromatic carbocycles. The van der Waals surface area contributed by atoms with Gasteiger partial charge in [-0.3, -0.25) is 9.48 Å². The summed E-state index contributed by atoms with van der Waals surface area (Å²) >= 11 is 6.18. The quantitative estimate of drug-likeness (QED) is 0.470. The van der Waals surface area contributed by atoms with Gasteiger partial charge in [-0.05, 0) is 29.8 Å². The summed E-state index contributed by atoms with van der Waals surface area (Å²) in [7, 11) is 0. The zero-order valence-corrected chi connectivity index (χ0v) is 17.0. The predicted molar refractivity (Wildman–Crippen MR) is 116 cm³/mol. The number of para-hydroxylation sites is 1. The molecule has 0 aliphatic heterocycles. The third-order valence-corrected chi connectivity index (χ3v) is 4.77. The van der Waals surface area contributed by atoms with Crippen molar-refractivity contribution in [1.82, 2.24) is 14.8 Å². The minimum atomic E-state index is -0.310. The largest absolute Gasteiger partial charge is 0.438 e. The number of nitrogens with one attached hydrogen (secondary N) is 1. The first-order chi connectivity index (χ1) is 15.1. The van der Waals surface area contributed by atoms with E-state index in [0.29, 0.717) is 40.0 Å². The SMILES string of the molecule is N#Cc1ccccc1Oc1ccc(NC(=O)c2cnn(Cc3ccccc3Cl)c2)cn1. The van der Waals surface area contributed by atoms with Crippen LogP contribution in [-0.4, -0.2) is 20.7 Å². The van der Waals surface area contributed by atoms with Crippen molar-refractivity contribution in [2.75, 3.05) is 5.32 Å². The van der Waals surface area contributed by atoms with Gasteiger partial charge in [0.25, 0.3) is 5.91 Å². The molecule has 1 N–H and O–H groups in total. The van der Waals surface area contributed by atoms with E-state index < -0.39 is 0 Å². The molecule has 152 valence electrons. The lowest BCUT2D eigenvalue weighted by Crippen LogP contribution is -2.11. The van der Waals surface area contributed by atoms with Crippen LogP contribution < -0.4 is 10.1 Å². The average molecular weight is 430 g/mol. The Bertz CT molecular complexity index is 1260. The number of carbonyl (C=O) groups excluding carboxylic acids is 1. The summed E-state index contributed by atoms with van der Waals surface area (Å²) in [5.41, 5.74) is 2.24. The Hall–Kier alpha value is -4.15. The van der Waals surface area contributed by atoms with Crippen LogP contribution in [0.15, 0.2) is 79.3 Å². The second-order valence-electron chi connectivity index (χ2n) is 6.57. The minimum Gasteiger partial charge on any atom is -0.438 e. The van der Waals surface area contributed by atoms with Gasteiger partial charge in [-0.2, -0.15) is 10.4 Å². The highest BCUT2D eigenvalue weighted by atomic mass is 35.5. The maximum absolute atomic E-state index is 12.5. The van der Waals surface area contributed by atoms with Gasteiger partial charge in [0.2, 0.25) is 5.88 Å². The van der Waals surface area contributed by atoms with E-state index in [1.807, 2.05) is 24.3 Å². The van der Waals surface area contributed by atoms with Crippen molar-refractivity contribution in [2.45, 2.75) is 6.54 Å².